The van der Waals surface area contributed by atoms with Gasteiger partial charge in [0.25, 0.3) is 0 Å². The molecule has 2 aromatic carbocycles. The van der Waals surface area contributed by atoms with Gasteiger partial charge in [-0.05, 0) is 41.3 Å². The summed E-state index contributed by atoms with van der Waals surface area (Å²) in [6.07, 6.45) is 0.699. The Morgan fingerprint density at radius 2 is 1.97 bits per heavy atom. The third kappa shape index (κ3) is 5.34. The van der Waals surface area contributed by atoms with Crippen LogP contribution in [0.1, 0.15) is 44.7 Å². The van der Waals surface area contributed by atoms with Gasteiger partial charge in [-0.2, -0.15) is 0 Å². The molecule has 0 spiro atoms. The number of carbonyl (C=O) groups excluding carboxylic acids is 1. The maximum Gasteiger partial charge on any atom is 0.231 e. The van der Waals surface area contributed by atoms with Crippen LogP contribution in [0.5, 0.6) is 11.5 Å². The highest BCUT2D eigenvalue weighted by atomic mass is 19.1. The third-order valence-electron chi connectivity index (χ3n) is 5.16. The summed E-state index contributed by atoms with van der Waals surface area (Å²) in [6.45, 7) is 7.00. The van der Waals surface area contributed by atoms with E-state index >= 15 is 0 Å². The Bertz CT molecular complexity index is 999. The van der Waals surface area contributed by atoms with Crippen molar-refractivity contribution in [2.45, 2.75) is 46.3 Å². The maximum absolute atomic E-state index is 13.7. The predicted molar refractivity (Wildman–Crippen MR) is 114 cm³/mol. The second-order valence-electron chi connectivity index (χ2n) is 9.18. The van der Waals surface area contributed by atoms with Gasteiger partial charge in [0.05, 0.1) is 12.3 Å². The Morgan fingerprint density at radius 3 is 2.74 bits per heavy atom. The van der Waals surface area contributed by atoms with Crippen molar-refractivity contribution in [3.8, 4) is 11.5 Å². The van der Waals surface area contributed by atoms with Gasteiger partial charge in [-0.1, -0.05) is 38.1 Å². The van der Waals surface area contributed by atoms with Crippen LogP contribution in [0.4, 0.5) is 4.39 Å². The van der Waals surface area contributed by atoms with E-state index in [-0.39, 0.29) is 30.0 Å². The Kier molecular flexibility index (Phi) is 5.85. The molecule has 0 N–H and O–H groups in total. The zero-order valence-electron chi connectivity index (χ0n) is 18.1. The average molecular weight is 426 g/mol. The van der Waals surface area contributed by atoms with Crippen molar-refractivity contribution in [3.63, 3.8) is 0 Å². The molecule has 0 saturated carbocycles. The van der Waals surface area contributed by atoms with Gasteiger partial charge in [0.1, 0.15) is 5.82 Å². The molecule has 2 aliphatic heterocycles. The summed E-state index contributed by atoms with van der Waals surface area (Å²) < 4.78 is 24.5. The summed E-state index contributed by atoms with van der Waals surface area (Å²) in [5.41, 5.74) is 2.31. The lowest BCUT2D eigenvalue weighted by atomic mass is 9.91. The van der Waals surface area contributed by atoms with Crippen LogP contribution in [0.25, 0.3) is 0 Å². The Hall–Kier alpha value is -3.09. The number of rotatable bonds is 6. The fourth-order valence-electron chi connectivity index (χ4n) is 3.69. The molecule has 1 atom stereocenters. The minimum absolute atomic E-state index is 0.0110. The highest BCUT2D eigenvalue weighted by molar-refractivity contribution is 6.01. The van der Waals surface area contributed by atoms with Crippen molar-refractivity contribution in [2.75, 3.05) is 13.3 Å². The van der Waals surface area contributed by atoms with Crippen molar-refractivity contribution in [3.05, 3.63) is 59.4 Å². The topological polar surface area (TPSA) is 60.4 Å². The largest absolute Gasteiger partial charge is 0.454 e. The van der Waals surface area contributed by atoms with E-state index in [0.29, 0.717) is 37.4 Å². The van der Waals surface area contributed by atoms with Crippen molar-refractivity contribution >= 4 is 11.6 Å². The number of hydrogen-bond donors (Lipinski definition) is 0. The molecule has 0 saturated heterocycles. The lowest BCUT2D eigenvalue weighted by molar-refractivity contribution is -0.135. The van der Waals surface area contributed by atoms with Crippen LogP contribution >= 0.6 is 0 Å². The van der Waals surface area contributed by atoms with E-state index in [9.17, 15) is 9.18 Å². The molecule has 0 unspecified atom stereocenters. The van der Waals surface area contributed by atoms with E-state index in [1.54, 1.807) is 11.0 Å². The van der Waals surface area contributed by atoms with E-state index in [4.69, 9.17) is 14.3 Å². The molecular weight excluding hydrogens is 399 g/mol. The number of ether oxygens (including phenoxy) is 2. The lowest BCUT2D eigenvalue weighted by Gasteiger charge is -2.28. The van der Waals surface area contributed by atoms with Gasteiger partial charge in [-0.15, -0.1) is 0 Å². The summed E-state index contributed by atoms with van der Waals surface area (Å²) in [6, 6.07) is 12.0. The number of hydrogen-bond acceptors (Lipinski definition) is 5. The molecule has 7 heteroatoms. The van der Waals surface area contributed by atoms with Crippen molar-refractivity contribution in [2.24, 2.45) is 10.6 Å². The summed E-state index contributed by atoms with van der Waals surface area (Å²) in [5, 5.41) is 4.24. The monoisotopic (exact) mass is 426 g/mol. The first-order chi connectivity index (χ1) is 14.8. The van der Waals surface area contributed by atoms with Gasteiger partial charge in [-0.25, -0.2) is 4.39 Å². The van der Waals surface area contributed by atoms with E-state index in [1.165, 1.54) is 12.1 Å². The summed E-state index contributed by atoms with van der Waals surface area (Å²) >= 11 is 0. The van der Waals surface area contributed by atoms with Gasteiger partial charge >= 0.3 is 0 Å². The smallest absolute Gasteiger partial charge is 0.231 e. The van der Waals surface area contributed by atoms with Crippen molar-refractivity contribution < 1.29 is 23.5 Å². The summed E-state index contributed by atoms with van der Waals surface area (Å²) in [4.78, 5) is 20.4. The average Bonchev–Trinajstić information content (AvgIpc) is 3.35. The van der Waals surface area contributed by atoms with Crippen LogP contribution in [0.3, 0.4) is 0 Å². The first-order valence-electron chi connectivity index (χ1n) is 10.4. The molecule has 1 amide bonds. The predicted octanol–water partition coefficient (Wildman–Crippen LogP) is 4.51. The number of benzene rings is 2. The van der Waals surface area contributed by atoms with E-state index in [1.807, 2.05) is 45.0 Å². The zero-order chi connectivity index (χ0) is 22.0. The van der Waals surface area contributed by atoms with Gasteiger partial charge in [0, 0.05) is 24.9 Å². The van der Waals surface area contributed by atoms with E-state index in [2.05, 4.69) is 5.16 Å². The van der Waals surface area contributed by atoms with Gasteiger partial charge in [0.2, 0.25) is 12.7 Å². The second kappa shape index (κ2) is 8.57. The van der Waals surface area contributed by atoms with Crippen LogP contribution in [0, 0.1) is 11.2 Å². The molecule has 0 radical (unpaired) electrons. The second-order valence-corrected chi connectivity index (χ2v) is 9.18. The van der Waals surface area contributed by atoms with Crippen LogP contribution in [-0.2, 0) is 16.2 Å². The summed E-state index contributed by atoms with van der Waals surface area (Å²) in [5.74, 6) is 1.11. The Labute approximate surface area is 181 Å². The lowest BCUT2D eigenvalue weighted by Crippen LogP contribution is -2.38. The molecule has 31 heavy (non-hydrogen) atoms. The molecule has 0 aliphatic carbocycles. The normalized spacial score (nSPS) is 17.3. The first kappa shape index (κ1) is 21.2. The van der Waals surface area contributed by atoms with E-state index < -0.39 is 0 Å². The van der Waals surface area contributed by atoms with Crippen LogP contribution in [0.2, 0.25) is 0 Å². The molecule has 0 bridgehead atoms. The number of halogens is 1. The first-order valence-corrected chi connectivity index (χ1v) is 10.4. The van der Waals surface area contributed by atoms with Crippen LogP contribution in [0.15, 0.2) is 47.6 Å². The standard InChI is InChI=1S/C24H27FN2O4/c1-24(2,3)12-23(28)27(13-16-5-4-6-18(25)9-16)14-19-11-20(26-31-19)17-7-8-21-22(10-17)30-15-29-21/h4-10,19H,11-15H2,1-3H3/t19-/m0/s1. The van der Waals surface area contributed by atoms with E-state index in [0.717, 1.165) is 16.8 Å². The van der Waals surface area contributed by atoms with Crippen LogP contribution in [-0.4, -0.2) is 36.0 Å². The molecule has 2 heterocycles. The molecule has 6 nitrogen and oxygen atoms in total. The molecule has 4 rings (SSSR count). The minimum Gasteiger partial charge on any atom is -0.454 e. The van der Waals surface area contributed by atoms with Crippen molar-refractivity contribution in [1.29, 1.82) is 0 Å². The highest BCUT2D eigenvalue weighted by Crippen LogP contribution is 2.34. The van der Waals surface area contributed by atoms with Gasteiger partial charge in [-0.3, -0.25) is 4.79 Å². The molecule has 164 valence electrons. The molecule has 2 aromatic rings. The number of fused-ring (bicyclic) bond motifs is 1. The number of nitrogens with zero attached hydrogens (tertiary/aromatic N) is 2. The summed E-state index contributed by atoms with van der Waals surface area (Å²) in [7, 11) is 0. The molecule has 2 aliphatic rings. The zero-order valence-corrected chi connectivity index (χ0v) is 18.1. The number of oxime groups is 1. The Morgan fingerprint density at radius 1 is 1.16 bits per heavy atom. The quantitative estimate of drug-likeness (QED) is 0.682. The molecular formula is C24H27FN2O4. The molecule has 0 aromatic heterocycles. The maximum atomic E-state index is 13.7. The fraction of sp³-hybridized carbons (Fsp3) is 0.417. The van der Waals surface area contributed by atoms with Gasteiger partial charge < -0.3 is 19.2 Å². The third-order valence-corrected chi connectivity index (χ3v) is 5.16. The van der Waals surface area contributed by atoms with Gasteiger partial charge in [0.15, 0.2) is 17.6 Å². The number of carbonyl (C=O) groups is 1. The minimum atomic E-state index is -0.314. The fourth-order valence-corrected chi connectivity index (χ4v) is 3.69. The molecule has 0 fully saturated rings. The van der Waals surface area contributed by atoms with Crippen molar-refractivity contribution in [1.82, 2.24) is 4.90 Å². The Balaban J connectivity index is 1.45. The van der Waals surface area contributed by atoms with Crippen LogP contribution < -0.4 is 9.47 Å². The SMILES string of the molecule is CC(C)(C)CC(=O)N(Cc1cccc(F)c1)C[C@@H]1CC(c2ccc3c(c2)OCO3)=NO1. The highest BCUT2D eigenvalue weighted by Gasteiger charge is 2.29. The number of amides is 1.